The van der Waals surface area contributed by atoms with Crippen LogP contribution in [0.1, 0.15) is 77.0 Å². The molecule has 22 heavy (non-hydrogen) atoms. The van der Waals surface area contributed by atoms with Crippen LogP contribution in [0.5, 0.6) is 0 Å². The maximum Gasteiger partial charge on any atom is 0.303 e. The van der Waals surface area contributed by atoms with E-state index in [1.165, 1.54) is 56.9 Å². The molecule has 0 aromatic rings. The summed E-state index contributed by atoms with van der Waals surface area (Å²) in [5.74, 6) is 0.00317. The summed E-state index contributed by atoms with van der Waals surface area (Å²) >= 11 is 0. The summed E-state index contributed by atoms with van der Waals surface area (Å²) < 4.78 is 0. The highest BCUT2D eigenvalue weighted by atomic mass is 16.4. The molecule has 0 unspecified atom stereocenters. The number of unbranched alkanes of at least 4 members (excludes halogenated alkanes) is 6. The molecule has 0 fully saturated rings. The fourth-order valence-corrected chi connectivity index (χ4v) is 3.05. The van der Waals surface area contributed by atoms with Crippen molar-refractivity contribution in [1.29, 1.82) is 0 Å². The minimum atomic E-state index is -0.717. The first kappa shape index (κ1) is 19.0. The molecule has 126 valence electrons. The number of hydrogen-bond acceptors (Lipinski definition) is 2. The number of aliphatic hydroxyl groups excluding tert-OH is 1. The van der Waals surface area contributed by atoms with Crippen molar-refractivity contribution in [2.24, 2.45) is 5.92 Å². The Morgan fingerprint density at radius 2 is 1.77 bits per heavy atom. The van der Waals surface area contributed by atoms with Crippen molar-refractivity contribution in [1.82, 2.24) is 0 Å². The van der Waals surface area contributed by atoms with Crippen LogP contribution in [0.25, 0.3) is 0 Å². The number of hydrogen-bond donors (Lipinski definition) is 2. The van der Waals surface area contributed by atoms with E-state index in [2.05, 4.69) is 12.2 Å². The van der Waals surface area contributed by atoms with Crippen molar-refractivity contribution in [3.63, 3.8) is 0 Å². The first-order valence-corrected chi connectivity index (χ1v) is 8.89. The van der Waals surface area contributed by atoms with Gasteiger partial charge in [-0.3, -0.25) is 4.79 Å². The fourth-order valence-electron chi connectivity index (χ4n) is 3.05. The molecule has 1 rings (SSSR count). The Kier molecular flexibility index (Phi) is 10.7. The molecule has 0 bridgehead atoms. The number of aliphatic carboxylic acids is 1. The van der Waals surface area contributed by atoms with E-state index in [1.807, 2.05) is 6.08 Å². The maximum atomic E-state index is 10.3. The second-order valence-electron chi connectivity index (χ2n) is 6.38. The molecule has 1 atom stereocenters. The summed E-state index contributed by atoms with van der Waals surface area (Å²) in [6.07, 6.45) is 19.8. The summed E-state index contributed by atoms with van der Waals surface area (Å²) in [5, 5.41) is 17.6. The molecule has 0 heterocycles. The van der Waals surface area contributed by atoms with Crippen LogP contribution in [0.15, 0.2) is 23.8 Å². The van der Waals surface area contributed by atoms with Gasteiger partial charge in [-0.15, -0.1) is 0 Å². The number of carboxylic acid groups (broad SMARTS) is 1. The van der Waals surface area contributed by atoms with Gasteiger partial charge in [0, 0.05) is 6.42 Å². The molecular formula is C19H32O3. The Bertz CT molecular complexity index is 358. The third kappa shape index (κ3) is 9.78. The molecule has 0 saturated heterocycles. The quantitative estimate of drug-likeness (QED) is 0.377. The lowest BCUT2D eigenvalue weighted by atomic mass is 10.00. The van der Waals surface area contributed by atoms with Gasteiger partial charge >= 0.3 is 5.97 Å². The predicted octanol–water partition coefficient (Wildman–Crippen LogP) is 4.86. The first-order chi connectivity index (χ1) is 10.7. The highest BCUT2D eigenvalue weighted by Gasteiger charge is 2.14. The number of carboxylic acids is 1. The van der Waals surface area contributed by atoms with Gasteiger partial charge in [0.1, 0.15) is 0 Å². The molecule has 2 N–H and O–H groups in total. The molecule has 0 aromatic carbocycles. The average molecular weight is 308 g/mol. The van der Waals surface area contributed by atoms with E-state index in [0.29, 0.717) is 6.42 Å². The standard InChI is InChI=1S/C19H32O3/c20-16-18-14-13-17(15-18)11-9-7-5-3-1-2-4-6-8-10-12-19(21)22/h6,8,15,17,20H,1-5,7,9-14,16H2,(H,21,22)/b8-6+/t17-/m0/s1. The van der Waals surface area contributed by atoms with Crippen LogP contribution in [0.4, 0.5) is 0 Å². The van der Waals surface area contributed by atoms with Crippen LogP contribution in [-0.4, -0.2) is 22.8 Å². The number of aliphatic hydroxyl groups is 1. The third-order valence-corrected chi connectivity index (χ3v) is 4.40. The molecule has 0 amide bonds. The van der Waals surface area contributed by atoms with Gasteiger partial charge in [0.05, 0.1) is 6.61 Å². The van der Waals surface area contributed by atoms with E-state index in [-0.39, 0.29) is 13.0 Å². The molecule has 3 heteroatoms. The van der Waals surface area contributed by atoms with Crippen LogP contribution in [0, 0.1) is 5.92 Å². The lowest BCUT2D eigenvalue weighted by molar-refractivity contribution is -0.136. The van der Waals surface area contributed by atoms with Crippen molar-refractivity contribution < 1.29 is 15.0 Å². The largest absolute Gasteiger partial charge is 0.481 e. The molecule has 0 saturated carbocycles. The zero-order valence-electron chi connectivity index (χ0n) is 13.8. The van der Waals surface area contributed by atoms with E-state index in [1.54, 1.807) is 0 Å². The molecule has 1 aliphatic carbocycles. The fraction of sp³-hybridized carbons (Fsp3) is 0.737. The van der Waals surface area contributed by atoms with Crippen molar-refractivity contribution >= 4 is 5.97 Å². The zero-order chi connectivity index (χ0) is 16.0. The minimum absolute atomic E-state index is 0.243. The van der Waals surface area contributed by atoms with Crippen molar-refractivity contribution in [3.8, 4) is 0 Å². The number of allylic oxidation sites excluding steroid dienone is 3. The van der Waals surface area contributed by atoms with Crippen LogP contribution >= 0.6 is 0 Å². The third-order valence-electron chi connectivity index (χ3n) is 4.40. The Labute approximate surface area is 135 Å². The van der Waals surface area contributed by atoms with E-state index < -0.39 is 5.97 Å². The van der Waals surface area contributed by atoms with E-state index in [9.17, 15) is 4.79 Å². The topological polar surface area (TPSA) is 57.5 Å². The van der Waals surface area contributed by atoms with E-state index in [4.69, 9.17) is 10.2 Å². The van der Waals surface area contributed by atoms with Gasteiger partial charge in [-0.25, -0.2) is 0 Å². The maximum absolute atomic E-state index is 10.3. The molecule has 3 nitrogen and oxygen atoms in total. The van der Waals surface area contributed by atoms with Gasteiger partial charge in [-0.1, -0.05) is 50.3 Å². The molecule has 0 aromatic heterocycles. The van der Waals surface area contributed by atoms with Crippen LogP contribution in [0.2, 0.25) is 0 Å². The first-order valence-electron chi connectivity index (χ1n) is 8.89. The summed E-state index contributed by atoms with van der Waals surface area (Å²) in [4.78, 5) is 10.3. The summed E-state index contributed by atoms with van der Waals surface area (Å²) in [7, 11) is 0. The molecule has 0 aliphatic heterocycles. The van der Waals surface area contributed by atoms with E-state index in [0.717, 1.165) is 18.8 Å². The molecule has 1 aliphatic rings. The summed E-state index contributed by atoms with van der Waals surface area (Å²) in [6, 6.07) is 0. The smallest absolute Gasteiger partial charge is 0.303 e. The van der Waals surface area contributed by atoms with Gasteiger partial charge in [-0.2, -0.15) is 0 Å². The van der Waals surface area contributed by atoms with Gasteiger partial charge in [0.2, 0.25) is 0 Å². The second kappa shape index (κ2) is 12.5. The van der Waals surface area contributed by atoms with Crippen LogP contribution < -0.4 is 0 Å². The molecule has 0 spiro atoms. The van der Waals surface area contributed by atoms with E-state index >= 15 is 0 Å². The average Bonchev–Trinajstić information content (AvgIpc) is 2.96. The Morgan fingerprint density at radius 1 is 1.09 bits per heavy atom. The molecule has 0 radical (unpaired) electrons. The highest BCUT2D eigenvalue weighted by molar-refractivity contribution is 5.66. The normalized spacial score (nSPS) is 18.0. The van der Waals surface area contributed by atoms with Gasteiger partial charge in [0.25, 0.3) is 0 Å². The lowest BCUT2D eigenvalue weighted by Gasteiger charge is -2.06. The summed E-state index contributed by atoms with van der Waals surface area (Å²) in [6.45, 7) is 0.251. The Balaban J connectivity index is 1.82. The monoisotopic (exact) mass is 308 g/mol. The lowest BCUT2D eigenvalue weighted by Crippen LogP contribution is -1.91. The van der Waals surface area contributed by atoms with Gasteiger partial charge < -0.3 is 10.2 Å². The van der Waals surface area contributed by atoms with Gasteiger partial charge in [-0.05, 0) is 50.0 Å². The predicted molar refractivity (Wildman–Crippen MR) is 90.8 cm³/mol. The van der Waals surface area contributed by atoms with Crippen molar-refractivity contribution in [2.75, 3.05) is 6.61 Å². The minimum Gasteiger partial charge on any atom is -0.481 e. The number of rotatable bonds is 13. The van der Waals surface area contributed by atoms with Crippen molar-refractivity contribution in [2.45, 2.75) is 77.0 Å². The highest BCUT2D eigenvalue weighted by Crippen LogP contribution is 2.28. The van der Waals surface area contributed by atoms with Crippen LogP contribution in [0.3, 0.4) is 0 Å². The van der Waals surface area contributed by atoms with Crippen LogP contribution in [-0.2, 0) is 4.79 Å². The zero-order valence-corrected chi connectivity index (χ0v) is 13.8. The number of carbonyl (C=O) groups is 1. The summed E-state index contributed by atoms with van der Waals surface area (Å²) in [5.41, 5.74) is 1.24. The van der Waals surface area contributed by atoms with Gasteiger partial charge in [0.15, 0.2) is 0 Å². The molecular weight excluding hydrogens is 276 g/mol. The van der Waals surface area contributed by atoms with Crippen molar-refractivity contribution in [3.05, 3.63) is 23.8 Å². The second-order valence-corrected chi connectivity index (χ2v) is 6.38. The SMILES string of the molecule is O=C(O)CC/C=C/CCCCCCCC[C@@H]1C=C(CO)CC1. The Hall–Kier alpha value is -1.09. The Morgan fingerprint density at radius 3 is 2.45 bits per heavy atom.